The molecule has 0 aromatic carbocycles. The first-order chi connectivity index (χ1) is 8.58. The highest BCUT2D eigenvalue weighted by Gasteiger charge is 2.43. The number of nitrogens with two attached hydrogens (primary N) is 1. The van der Waals surface area contributed by atoms with Gasteiger partial charge in [0.1, 0.15) is 11.3 Å². The standard InChI is InChI=1S/C13H19N3O2.ClH/c1-7-12(8(2)18-15-7)13(17)16-5-9-3-4-11(14)10(9)6-16;/h9-11H,3-6,14H2,1-2H3;1H. The lowest BCUT2D eigenvalue weighted by Crippen LogP contribution is -2.33. The van der Waals surface area contributed by atoms with Gasteiger partial charge in [0, 0.05) is 19.1 Å². The van der Waals surface area contributed by atoms with Crippen LogP contribution in [-0.2, 0) is 0 Å². The number of hydrogen-bond acceptors (Lipinski definition) is 4. The Kier molecular flexibility index (Phi) is 3.87. The first-order valence-corrected chi connectivity index (χ1v) is 6.55. The highest BCUT2D eigenvalue weighted by molar-refractivity contribution is 5.96. The molecule has 2 N–H and O–H groups in total. The number of amides is 1. The first-order valence-electron chi connectivity index (χ1n) is 6.55. The fraction of sp³-hybridized carbons (Fsp3) is 0.692. The minimum atomic E-state index is 0. The number of fused-ring (bicyclic) bond motifs is 1. The summed E-state index contributed by atoms with van der Waals surface area (Å²) in [4.78, 5) is 14.4. The maximum atomic E-state index is 12.5. The molecular weight excluding hydrogens is 266 g/mol. The summed E-state index contributed by atoms with van der Waals surface area (Å²) < 4.78 is 5.07. The van der Waals surface area contributed by atoms with Gasteiger partial charge in [0.05, 0.1) is 5.69 Å². The third kappa shape index (κ3) is 2.25. The van der Waals surface area contributed by atoms with Crippen LogP contribution >= 0.6 is 12.4 Å². The van der Waals surface area contributed by atoms with Gasteiger partial charge in [-0.25, -0.2) is 0 Å². The lowest BCUT2D eigenvalue weighted by Gasteiger charge is -2.18. The molecular formula is C13H20ClN3O2. The number of likely N-dealkylation sites (tertiary alicyclic amines) is 1. The number of halogens is 1. The Morgan fingerprint density at radius 2 is 2.11 bits per heavy atom. The van der Waals surface area contributed by atoms with Gasteiger partial charge in [-0.05, 0) is 38.5 Å². The molecule has 3 rings (SSSR count). The van der Waals surface area contributed by atoms with E-state index in [2.05, 4.69) is 5.16 Å². The zero-order valence-corrected chi connectivity index (χ0v) is 12.1. The summed E-state index contributed by atoms with van der Waals surface area (Å²) in [5.74, 6) is 1.73. The smallest absolute Gasteiger partial charge is 0.259 e. The molecule has 1 amide bonds. The van der Waals surface area contributed by atoms with Crippen molar-refractivity contribution in [3.05, 3.63) is 17.0 Å². The van der Waals surface area contributed by atoms with Crippen LogP contribution in [-0.4, -0.2) is 35.1 Å². The molecule has 3 unspecified atom stereocenters. The van der Waals surface area contributed by atoms with E-state index < -0.39 is 0 Å². The van der Waals surface area contributed by atoms with Gasteiger partial charge in [0.2, 0.25) is 0 Å². The molecule has 1 aliphatic carbocycles. The number of carbonyl (C=O) groups excluding carboxylic acids is 1. The van der Waals surface area contributed by atoms with Crippen molar-refractivity contribution in [1.82, 2.24) is 10.1 Å². The van der Waals surface area contributed by atoms with E-state index in [1.807, 2.05) is 11.8 Å². The van der Waals surface area contributed by atoms with E-state index in [-0.39, 0.29) is 24.4 Å². The molecule has 1 saturated carbocycles. The maximum Gasteiger partial charge on any atom is 0.259 e. The van der Waals surface area contributed by atoms with Crippen molar-refractivity contribution in [2.75, 3.05) is 13.1 Å². The van der Waals surface area contributed by atoms with Gasteiger partial charge >= 0.3 is 0 Å². The quantitative estimate of drug-likeness (QED) is 0.849. The van der Waals surface area contributed by atoms with E-state index in [1.54, 1.807) is 6.92 Å². The molecule has 6 heteroatoms. The molecule has 0 bridgehead atoms. The van der Waals surface area contributed by atoms with Crippen molar-refractivity contribution in [3.63, 3.8) is 0 Å². The summed E-state index contributed by atoms with van der Waals surface area (Å²) in [6.45, 7) is 5.22. The van der Waals surface area contributed by atoms with Crippen molar-refractivity contribution < 1.29 is 9.32 Å². The van der Waals surface area contributed by atoms with Gasteiger partial charge in [-0.2, -0.15) is 0 Å². The Morgan fingerprint density at radius 3 is 2.68 bits per heavy atom. The summed E-state index contributed by atoms with van der Waals surface area (Å²) in [5, 5.41) is 3.85. The van der Waals surface area contributed by atoms with Crippen molar-refractivity contribution in [2.45, 2.75) is 32.7 Å². The van der Waals surface area contributed by atoms with Crippen LogP contribution in [0.2, 0.25) is 0 Å². The van der Waals surface area contributed by atoms with Gasteiger partial charge < -0.3 is 15.2 Å². The minimum absolute atomic E-state index is 0. The predicted molar refractivity (Wildman–Crippen MR) is 73.3 cm³/mol. The van der Waals surface area contributed by atoms with Crippen molar-refractivity contribution in [3.8, 4) is 0 Å². The van der Waals surface area contributed by atoms with Crippen LogP contribution in [0.1, 0.15) is 34.7 Å². The second-order valence-electron chi connectivity index (χ2n) is 5.57. The molecule has 3 atom stereocenters. The summed E-state index contributed by atoms with van der Waals surface area (Å²) in [7, 11) is 0. The van der Waals surface area contributed by atoms with Crippen molar-refractivity contribution in [1.29, 1.82) is 0 Å². The second kappa shape index (κ2) is 5.13. The Bertz CT molecular complexity index is 469. The van der Waals surface area contributed by atoms with Gasteiger partial charge in [-0.15, -0.1) is 12.4 Å². The van der Waals surface area contributed by atoms with E-state index in [4.69, 9.17) is 10.3 Å². The molecule has 1 aliphatic heterocycles. The first kappa shape index (κ1) is 14.3. The Morgan fingerprint density at radius 1 is 1.37 bits per heavy atom. The topological polar surface area (TPSA) is 72.4 Å². The molecule has 1 aromatic rings. The van der Waals surface area contributed by atoms with Crippen molar-refractivity contribution in [2.24, 2.45) is 17.6 Å². The number of rotatable bonds is 1. The van der Waals surface area contributed by atoms with Gasteiger partial charge in [-0.3, -0.25) is 4.79 Å². The molecule has 2 fully saturated rings. The molecule has 2 aliphatic rings. The minimum Gasteiger partial charge on any atom is -0.361 e. The Hall–Kier alpha value is -1.07. The van der Waals surface area contributed by atoms with Crippen LogP contribution in [0, 0.1) is 25.7 Å². The third-order valence-corrected chi connectivity index (χ3v) is 4.45. The number of aromatic nitrogens is 1. The zero-order chi connectivity index (χ0) is 12.9. The number of aryl methyl sites for hydroxylation is 2. The van der Waals surface area contributed by atoms with Crippen LogP contribution in [0.25, 0.3) is 0 Å². The van der Waals surface area contributed by atoms with E-state index in [0.29, 0.717) is 28.9 Å². The van der Waals surface area contributed by atoms with Crippen LogP contribution in [0.5, 0.6) is 0 Å². The molecule has 0 spiro atoms. The molecule has 1 aromatic heterocycles. The summed E-state index contributed by atoms with van der Waals surface area (Å²) in [5.41, 5.74) is 7.40. The molecule has 2 heterocycles. The van der Waals surface area contributed by atoms with E-state index in [9.17, 15) is 4.79 Å². The number of hydrogen-bond donors (Lipinski definition) is 1. The predicted octanol–water partition coefficient (Wildman–Crippen LogP) is 1.52. The van der Waals surface area contributed by atoms with Gasteiger partial charge in [0.15, 0.2) is 0 Å². The largest absolute Gasteiger partial charge is 0.361 e. The lowest BCUT2D eigenvalue weighted by molar-refractivity contribution is 0.0777. The van der Waals surface area contributed by atoms with E-state index in [1.165, 1.54) is 0 Å². The van der Waals surface area contributed by atoms with Crippen LogP contribution in [0.3, 0.4) is 0 Å². The molecule has 106 valence electrons. The van der Waals surface area contributed by atoms with Crippen LogP contribution in [0.4, 0.5) is 0 Å². The monoisotopic (exact) mass is 285 g/mol. The molecule has 19 heavy (non-hydrogen) atoms. The SMILES string of the molecule is Cc1noc(C)c1C(=O)N1CC2CCC(N)C2C1.Cl. The number of carbonyl (C=O) groups is 1. The van der Waals surface area contributed by atoms with Gasteiger partial charge in [0.25, 0.3) is 5.91 Å². The average molecular weight is 286 g/mol. The highest BCUT2D eigenvalue weighted by atomic mass is 35.5. The van der Waals surface area contributed by atoms with Gasteiger partial charge in [-0.1, -0.05) is 5.16 Å². The van der Waals surface area contributed by atoms with E-state index >= 15 is 0 Å². The summed E-state index contributed by atoms with van der Waals surface area (Å²) >= 11 is 0. The van der Waals surface area contributed by atoms with Crippen LogP contribution in [0.15, 0.2) is 4.52 Å². The fourth-order valence-corrected chi connectivity index (χ4v) is 3.42. The van der Waals surface area contributed by atoms with E-state index in [0.717, 1.165) is 25.9 Å². The zero-order valence-electron chi connectivity index (χ0n) is 11.3. The molecule has 1 saturated heterocycles. The number of nitrogens with zero attached hydrogens (tertiary/aromatic N) is 2. The molecule has 5 nitrogen and oxygen atoms in total. The lowest BCUT2D eigenvalue weighted by atomic mass is 9.98. The van der Waals surface area contributed by atoms with Crippen LogP contribution < -0.4 is 5.73 Å². The highest BCUT2D eigenvalue weighted by Crippen LogP contribution is 2.37. The maximum absolute atomic E-state index is 12.5. The summed E-state index contributed by atoms with van der Waals surface area (Å²) in [6, 6.07) is 0.262. The van der Waals surface area contributed by atoms with Crippen molar-refractivity contribution >= 4 is 18.3 Å². The Balaban J connectivity index is 0.00000133. The molecule has 0 radical (unpaired) electrons. The average Bonchev–Trinajstić information content (AvgIpc) is 2.97. The third-order valence-electron chi connectivity index (χ3n) is 4.45. The summed E-state index contributed by atoms with van der Waals surface area (Å²) in [6.07, 6.45) is 2.25. The normalized spacial score (nSPS) is 29.2. The second-order valence-corrected chi connectivity index (χ2v) is 5.57. The Labute approximate surface area is 118 Å². The fourth-order valence-electron chi connectivity index (χ4n) is 3.42.